The molecule has 17 heavy (non-hydrogen) atoms. The van der Waals surface area contributed by atoms with E-state index in [1.807, 2.05) is 13.0 Å². The Hall–Kier alpha value is -1.75. The molecule has 0 aliphatic rings. The van der Waals surface area contributed by atoms with Crippen molar-refractivity contribution in [2.45, 2.75) is 25.8 Å². The van der Waals surface area contributed by atoms with E-state index in [0.717, 1.165) is 6.42 Å². The Bertz CT molecular complexity index is 481. The largest absolute Gasteiger partial charge is 0.327 e. The molecule has 0 radical (unpaired) electrons. The number of nitrogens with two attached hydrogens (primary N) is 1. The van der Waals surface area contributed by atoms with Crippen molar-refractivity contribution in [3.8, 4) is 5.69 Å². The maximum atomic E-state index is 13.8. The summed E-state index contributed by atoms with van der Waals surface area (Å²) in [6, 6.07) is 4.87. The normalized spacial score (nSPS) is 12.6. The summed E-state index contributed by atoms with van der Waals surface area (Å²) in [5.74, 6) is -0.248. The first-order valence-corrected chi connectivity index (χ1v) is 5.60. The lowest BCUT2D eigenvalue weighted by atomic mass is 10.0. The van der Waals surface area contributed by atoms with Crippen LogP contribution in [0, 0.1) is 5.82 Å². The highest BCUT2D eigenvalue weighted by atomic mass is 19.1. The summed E-state index contributed by atoms with van der Waals surface area (Å²) in [6.45, 7) is 1.99. The van der Waals surface area contributed by atoms with Crippen LogP contribution < -0.4 is 5.73 Å². The average molecular weight is 234 g/mol. The minimum atomic E-state index is -0.248. The van der Waals surface area contributed by atoms with E-state index in [4.69, 9.17) is 5.73 Å². The zero-order valence-electron chi connectivity index (χ0n) is 9.68. The lowest BCUT2D eigenvalue weighted by Crippen LogP contribution is -2.23. The number of aromatic nitrogens is 3. The van der Waals surface area contributed by atoms with Crippen molar-refractivity contribution in [1.82, 2.24) is 14.8 Å². The lowest BCUT2D eigenvalue weighted by Gasteiger charge is -2.13. The van der Waals surface area contributed by atoms with Crippen molar-refractivity contribution >= 4 is 0 Å². The Morgan fingerprint density at radius 1 is 1.47 bits per heavy atom. The van der Waals surface area contributed by atoms with Crippen LogP contribution in [0.2, 0.25) is 0 Å². The highest BCUT2D eigenvalue weighted by molar-refractivity contribution is 5.41. The van der Waals surface area contributed by atoms with Crippen molar-refractivity contribution in [3.63, 3.8) is 0 Å². The highest BCUT2D eigenvalue weighted by Crippen LogP contribution is 2.19. The molecule has 0 aliphatic heterocycles. The molecule has 4 nitrogen and oxygen atoms in total. The molecular formula is C12H15FN4. The van der Waals surface area contributed by atoms with Crippen LogP contribution in [-0.4, -0.2) is 20.8 Å². The van der Waals surface area contributed by atoms with Crippen LogP contribution in [0.5, 0.6) is 0 Å². The minimum Gasteiger partial charge on any atom is -0.327 e. The van der Waals surface area contributed by atoms with E-state index in [2.05, 4.69) is 10.1 Å². The number of hydrogen-bond donors (Lipinski definition) is 1. The third kappa shape index (κ3) is 2.50. The van der Waals surface area contributed by atoms with E-state index in [0.29, 0.717) is 17.7 Å². The van der Waals surface area contributed by atoms with Gasteiger partial charge in [-0.25, -0.2) is 14.1 Å². The Morgan fingerprint density at radius 3 is 2.94 bits per heavy atom. The van der Waals surface area contributed by atoms with Gasteiger partial charge in [0.15, 0.2) is 0 Å². The van der Waals surface area contributed by atoms with Crippen molar-refractivity contribution < 1.29 is 4.39 Å². The fourth-order valence-corrected chi connectivity index (χ4v) is 1.70. The Balaban J connectivity index is 2.42. The smallest absolute Gasteiger partial charge is 0.138 e. The molecule has 1 unspecified atom stereocenters. The minimum absolute atomic E-state index is 0.0471. The average Bonchev–Trinajstić information content (AvgIpc) is 2.85. The number of hydrogen-bond acceptors (Lipinski definition) is 3. The number of benzene rings is 1. The second-order valence-corrected chi connectivity index (χ2v) is 3.95. The van der Waals surface area contributed by atoms with Crippen LogP contribution in [0.4, 0.5) is 4.39 Å². The van der Waals surface area contributed by atoms with E-state index in [1.165, 1.54) is 12.4 Å². The zero-order chi connectivity index (χ0) is 12.3. The van der Waals surface area contributed by atoms with E-state index in [1.54, 1.807) is 17.1 Å². The Morgan fingerprint density at radius 2 is 2.29 bits per heavy atom. The molecule has 0 bridgehead atoms. The quantitative estimate of drug-likeness (QED) is 0.875. The molecule has 0 aliphatic carbocycles. The van der Waals surface area contributed by atoms with Crippen LogP contribution in [0.3, 0.4) is 0 Å². The van der Waals surface area contributed by atoms with Gasteiger partial charge >= 0.3 is 0 Å². The number of nitrogens with zero attached hydrogens (tertiary/aromatic N) is 3. The van der Waals surface area contributed by atoms with Gasteiger partial charge in [0.25, 0.3) is 0 Å². The molecule has 90 valence electrons. The summed E-state index contributed by atoms with van der Waals surface area (Å²) in [5, 5.41) is 4.02. The maximum absolute atomic E-state index is 13.8. The summed E-state index contributed by atoms with van der Waals surface area (Å²) in [5.41, 5.74) is 7.17. The monoisotopic (exact) mass is 234 g/mol. The van der Waals surface area contributed by atoms with Crippen molar-refractivity contribution in [1.29, 1.82) is 0 Å². The fraction of sp³-hybridized carbons (Fsp3) is 0.333. The summed E-state index contributed by atoms with van der Waals surface area (Å²) >= 11 is 0. The zero-order valence-corrected chi connectivity index (χ0v) is 9.68. The molecule has 0 saturated heterocycles. The van der Waals surface area contributed by atoms with Gasteiger partial charge in [0.2, 0.25) is 0 Å². The lowest BCUT2D eigenvalue weighted by molar-refractivity contribution is 0.574. The topological polar surface area (TPSA) is 56.7 Å². The number of rotatable bonds is 4. The van der Waals surface area contributed by atoms with Crippen molar-refractivity contribution in [2.75, 3.05) is 0 Å². The van der Waals surface area contributed by atoms with E-state index >= 15 is 0 Å². The fourth-order valence-electron chi connectivity index (χ4n) is 1.70. The first kappa shape index (κ1) is 11.7. The summed E-state index contributed by atoms with van der Waals surface area (Å²) in [6.07, 6.45) is 4.29. The predicted octanol–water partition coefficient (Wildman–Crippen LogP) is 1.69. The first-order valence-electron chi connectivity index (χ1n) is 5.60. The molecule has 5 heteroatoms. The number of halogens is 1. The van der Waals surface area contributed by atoms with E-state index in [9.17, 15) is 4.39 Å². The standard InChI is InChI=1S/C12H15FN4/c1-2-9(14)6-10-11(13)4-3-5-12(10)17-8-15-7-16-17/h3-5,7-9H,2,6,14H2,1H3. The van der Waals surface area contributed by atoms with Crippen molar-refractivity contribution in [3.05, 3.63) is 42.2 Å². The molecule has 0 fully saturated rings. The summed E-state index contributed by atoms with van der Waals surface area (Å²) < 4.78 is 15.4. The van der Waals surface area contributed by atoms with Crippen LogP contribution in [0.1, 0.15) is 18.9 Å². The van der Waals surface area contributed by atoms with Crippen LogP contribution in [-0.2, 0) is 6.42 Å². The van der Waals surface area contributed by atoms with Crippen LogP contribution in [0.25, 0.3) is 5.69 Å². The van der Waals surface area contributed by atoms with Gasteiger partial charge in [-0.1, -0.05) is 13.0 Å². The first-order chi connectivity index (χ1) is 8.22. The van der Waals surface area contributed by atoms with Crippen molar-refractivity contribution in [2.24, 2.45) is 5.73 Å². The van der Waals surface area contributed by atoms with Gasteiger partial charge in [-0.05, 0) is 25.0 Å². The third-order valence-corrected chi connectivity index (χ3v) is 2.75. The summed E-state index contributed by atoms with van der Waals surface area (Å²) in [4.78, 5) is 3.87. The van der Waals surface area contributed by atoms with Crippen LogP contribution >= 0.6 is 0 Å². The van der Waals surface area contributed by atoms with Gasteiger partial charge < -0.3 is 5.73 Å². The van der Waals surface area contributed by atoms with Gasteiger partial charge in [0.1, 0.15) is 18.5 Å². The molecule has 2 rings (SSSR count). The molecule has 2 aromatic rings. The highest BCUT2D eigenvalue weighted by Gasteiger charge is 2.13. The predicted molar refractivity (Wildman–Crippen MR) is 63.3 cm³/mol. The molecule has 0 spiro atoms. The summed E-state index contributed by atoms with van der Waals surface area (Å²) in [7, 11) is 0. The Labute approximate surface area is 99.3 Å². The molecule has 2 N–H and O–H groups in total. The van der Waals surface area contributed by atoms with Gasteiger partial charge in [0, 0.05) is 11.6 Å². The molecule has 1 aromatic heterocycles. The maximum Gasteiger partial charge on any atom is 0.138 e. The third-order valence-electron chi connectivity index (χ3n) is 2.75. The molecule has 1 atom stereocenters. The molecule has 1 heterocycles. The van der Waals surface area contributed by atoms with Gasteiger partial charge in [-0.15, -0.1) is 0 Å². The van der Waals surface area contributed by atoms with E-state index < -0.39 is 0 Å². The van der Waals surface area contributed by atoms with E-state index in [-0.39, 0.29) is 11.9 Å². The molecule has 0 amide bonds. The molecule has 1 aromatic carbocycles. The second-order valence-electron chi connectivity index (χ2n) is 3.95. The van der Waals surface area contributed by atoms with Gasteiger partial charge in [-0.2, -0.15) is 5.10 Å². The molecule has 0 saturated carbocycles. The van der Waals surface area contributed by atoms with Crippen LogP contribution in [0.15, 0.2) is 30.9 Å². The second kappa shape index (κ2) is 5.05. The van der Waals surface area contributed by atoms with Gasteiger partial charge in [0.05, 0.1) is 5.69 Å². The Kier molecular flexibility index (Phi) is 3.49. The SMILES string of the molecule is CCC(N)Cc1c(F)cccc1-n1cncn1. The molecular weight excluding hydrogens is 219 g/mol. The van der Waals surface area contributed by atoms with Gasteiger partial charge in [-0.3, -0.25) is 0 Å².